The van der Waals surface area contributed by atoms with Gasteiger partial charge in [0, 0.05) is 29.7 Å². The Morgan fingerprint density at radius 2 is 2.33 bits per heavy atom. The number of methoxy groups -OCH3 is 1. The molecule has 1 aromatic carbocycles. The van der Waals surface area contributed by atoms with Crippen LogP contribution in [-0.4, -0.2) is 25.7 Å². The number of nitrogens with two attached hydrogens (primary N) is 1. The maximum absolute atomic E-state index is 11.6. The summed E-state index contributed by atoms with van der Waals surface area (Å²) >= 11 is 9.37. The van der Waals surface area contributed by atoms with Gasteiger partial charge in [0.2, 0.25) is 5.91 Å². The number of ether oxygens (including phenoxy) is 1. The van der Waals surface area contributed by atoms with Crippen LogP contribution in [0.5, 0.6) is 0 Å². The minimum absolute atomic E-state index is 0.105. The summed E-state index contributed by atoms with van der Waals surface area (Å²) in [5, 5.41) is 3.40. The van der Waals surface area contributed by atoms with Gasteiger partial charge in [0.15, 0.2) is 0 Å². The highest BCUT2D eigenvalue weighted by molar-refractivity contribution is 9.10. The first kappa shape index (κ1) is 15.4. The first-order chi connectivity index (χ1) is 8.56. The van der Waals surface area contributed by atoms with E-state index in [0.29, 0.717) is 18.1 Å². The van der Waals surface area contributed by atoms with Crippen LogP contribution in [0.25, 0.3) is 0 Å². The number of amides is 1. The van der Waals surface area contributed by atoms with E-state index in [9.17, 15) is 4.79 Å². The summed E-state index contributed by atoms with van der Waals surface area (Å²) < 4.78 is 5.95. The fourth-order valence-electron chi connectivity index (χ4n) is 1.40. The lowest BCUT2D eigenvalue weighted by atomic mass is 10.2. The fraction of sp³-hybridized carbons (Fsp3) is 0.417. The predicted molar refractivity (Wildman–Crippen MR) is 75.5 cm³/mol. The molecule has 0 bridgehead atoms. The lowest BCUT2D eigenvalue weighted by Crippen LogP contribution is -2.31. The highest BCUT2D eigenvalue weighted by Gasteiger charge is 2.11. The SMILES string of the molecule is COC(CN)CC(=O)NCc1ccc(Br)cc1Cl. The van der Waals surface area contributed by atoms with Crippen molar-refractivity contribution in [2.75, 3.05) is 13.7 Å². The number of hydrogen-bond acceptors (Lipinski definition) is 3. The van der Waals surface area contributed by atoms with Crippen molar-refractivity contribution >= 4 is 33.4 Å². The van der Waals surface area contributed by atoms with Crippen molar-refractivity contribution in [2.45, 2.75) is 19.1 Å². The van der Waals surface area contributed by atoms with Crippen LogP contribution >= 0.6 is 27.5 Å². The van der Waals surface area contributed by atoms with Gasteiger partial charge in [-0.25, -0.2) is 0 Å². The van der Waals surface area contributed by atoms with Gasteiger partial charge in [-0.1, -0.05) is 33.6 Å². The minimum atomic E-state index is -0.245. The molecule has 6 heteroatoms. The quantitative estimate of drug-likeness (QED) is 0.836. The smallest absolute Gasteiger partial charge is 0.222 e. The summed E-state index contributed by atoms with van der Waals surface area (Å²) in [6.45, 7) is 0.717. The molecule has 100 valence electrons. The number of hydrogen-bond donors (Lipinski definition) is 2. The summed E-state index contributed by atoms with van der Waals surface area (Å²) in [5.41, 5.74) is 6.32. The number of rotatable bonds is 6. The van der Waals surface area contributed by atoms with Crippen molar-refractivity contribution in [1.82, 2.24) is 5.32 Å². The van der Waals surface area contributed by atoms with Gasteiger partial charge >= 0.3 is 0 Å². The van der Waals surface area contributed by atoms with Crippen LogP contribution in [0.15, 0.2) is 22.7 Å². The average molecular weight is 336 g/mol. The van der Waals surface area contributed by atoms with Crippen molar-refractivity contribution < 1.29 is 9.53 Å². The normalized spacial score (nSPS) is 12.2. The Labute approximate surface area is 120 Å². The van der Waals surface area contributed by atoms with E-state index < -0.39 is 0 Å². The van der Waals surface area contributed by atoms with Crippen LogP contribution in [0.2, 0.25) is 5.02 Å². The molecule has 1 aromatic rings. The topological polar surface area (TPSA) is 64.3 Å². The second kappa shape index (κ2) is 7.74. The van der Waals surface area contributed by atoms with E-state index in [4.69, 9.17) is 22.1 Å². The molecule has 1 unspecified atom stereocenters. The van der Waals surface area contributed by atoms with Crippen molar-refractivity contribution in [2.24, 2.45) is 5.73 Å². The zero-order chi connectivity index (χ0) is 13.5. The Morgan fingerprint density at radius 1 is 1.61 bits per heavy atom. The number of carbonyl (C=O) groups is 1. The van der Waals surface area contributed by atoms with Crippen LogP contribution in [0.3, 0.4) is 0 Å². The van der Waals surface area contributed by atoms with Crippen molar-refractivity contribution in [3.63, 3.8) is 0 Å². The van der Waals surface area contributed by atoms with Gasteiger partial charge in [-0.2, -0.15) is 0 Å². The molecule has 3 N–H and O–H groups in total. The fourth-order valence-corrected chi connectivity index (χ4v) is 2.14. The van der Waals surface area contributed by atoms with E-state index in [2.05, 4.69) is 21.2 Å². The van der Waals surface area contributed by atoms with E-state index in [1.165, 1.54) is 7.11 Å². The molecular weight excluding hydrogens is 320 g/mol. The zero-order valence-electron chi connectivity index (χ0n) is 10.1. The van der Waals surface area contributed by atoms with Gasteiger partial charge in [-0.3, -0.25) is 4.79 Å². The summed E-state index contributed by atoms with van der Waals surface area (Å²) in [4.78, 5) is 11.6. The lowest BCUT2D eigenvalue weighted by Gasteiger charge is -2.13. The molecule has 18 heavy (non-hydrogen) atoms. The van der Waals surface area contributed by atoms with E-state index >= 15 is 0 Å². The molecule has 1 amide bonds. The van der Waals surface area contributed by atoms with Gasteiger partial charge in [0.1, 0.15) is 0 Å². The molecule has 1 atom stereocenters. The summed E-state index contributed by atoms with van der Waals surface area (Å²) in [7, 11) is 1.54. The Hall–Kier alpha value is -0.620. The second-order valence-corrected chi connectivity index (χ2v) is 5.13. The Bertz CT molecular complexity index is 411. The molecule has 0 aliphatic rings. The molecule has 1 rings (SSSR count). The standard InChI is InChI=1S/C12H16BrClN2O2/c1-18-10(6-15)5-12(17)16-7-8-2-3-9(13)4-11(8)14/h2-4,10H,5-7,15H2,1H3,(H,16,17). The monoisotopic (exact) mass is 334 g/mol. The Balaban J connectivity index is 2.47. The minimum Gasteiger partial charge on any atom is -0.380 e. The Morgan fingerprint density at radius 3 is 2.89 bits per heavy atom. The predicted octanol–water partition coefficient (Wildman–Crippen LogP) is 2.08. The van der Waals surface area contributed by atoms with E-state index in [1.807, 2.05) is 12.1 Å². The molecule has 0 radical (unpaired) electrons. The average Bonchev–Trinajstić information content (AvgIpc) is 2.35. The number of carbonyl (C=O) groups excluding carboxylic acids is 1. The summed E-state index contributed by atoms with van der Waals surface area (Å²) in [5.74, 6) is -0.105. The second-order valence-electron chi connectivity index (χ2n) is 3.81. The largest absolute Gasteiger partial charge is 0.380 e. The van der Waals surface area contributed by atoms with Gasteiger partial charge in [-0.05, 0) is 17.7 Å². The highest BCUT2D eigenvalue weighted by atomic mass is 79.9. The highest BCUT2D eigenvalue weighted by Crippen LogP contribution is 2.21. The maximum atomic E-state index is 11.6. The summed E-state index contributed by atoms with van der Waals surface area (Å²) in [6.07, 6.45) is 0.00613. The molecule has 0 aromatic heterocycles. The van der Waals surface area contributed by atoms with Crippen molar-refractivity contribution in [1.29, 1.82) is 0 Å². The maximum Gasteiger partial charge on any atom is 0.222 e. The third-order valence-electron chi connectivity index (χ3n) is 2.50. The molecule has 4 nitrogen and oxygen atoms in total. The van der Waals surface area contributed by atoms with Gasteiger partial charge in [-0.15, -0.1) is 0 Å². The van der Waals surface area contributed by atoms with E-state index in [1.54, 1.807) is 6.07 Å². The third kappa shape index (κ3) is 4.94. The number of benzene rings is 1. The molecule has 0 heterocycles. The van der Waals surface area contributed by atoms with E-state index in [-0.39, 0.29) is 18.4 Å². The first-order valence-corrected chi connectivity index (χ1v) is 6.67. The molecule has 0 aliphatic heterocycles. The number of halogens is 2. The molecule has 0 fully saturated rings. The third-order valence-corrected chi connectivity index (χ3v) is 3.35. The van der Waals surface area contributed by atoms with Crippen LogP contribution < -0.4 is 11.1 Å². The van der Waals surface area contributed by atoms with Crippen LogP contribution in [0, 0.1) is 0 Å². The lowest BCUT2D eigenvalue weighted by molar-refractivity contribution is -0.123. The summed E-state index contributed by atoms with van der Waals surface area (Å²) in [6, 6.07) is 5.54. The molecule has 0 aliphatic carbocycles. The Kier molecular flexibility index (Phi) is 6.63. The van der Waals surface area contributed by atoms with Crippen LogP contribution in [0.1, 0.15) is 12.0 Å². The van der Waals surface area contributed by atoms with Crippen molar-refractivity contribution in [3.05, 3.63) is 33.3 Å². The van der Waals surface area contributed by atoms with Crippen LogP contribution in [-0.2, 0) is 16.1 Å². The van der Waals surface area contributed by atoms with Gasteiger partial charge in [0.25, 0.3) is 0 Å². The van der Waals surface area contributed by atoms with Gasteiger partial charge < -0.3 is 15.8 Å². The molecule has 0 spiro atoms. The van der Waals surface area contributed by atoms with Crippen molar-refractivity contribution in [3.8, 4) is 0 Å². The van der Waals surface area contributed by atoms with Gasteiger partial charge in [0.05, 0.1) is 12.5 Å². The zero-order valence-corrected chi connectivity index (χ0v) is 12.4. The molecule has 0 saturated heterocycles. The number of nitrogens with one attached hydrogen (secondary N) is 1. The molecular formula is C12H16BrClN2O2. The first-order valence-electron chi connectivity index (χ1n) is 5.50. The van der Waals surface area contributed by atoms with Crippen LogP contribution in [0.4, 0.5) is 0 Å². The molecule has 0 saturated carbocycles. The van der Waals surface area contributed by atoms with E-state index in [0.717, 1.165) is 10.0 Å².